The van der Waals surface area contributed by atoms with Crippen molar-refractivity contribution in [1.82, 2.24) is 4.90 Å². The molecule has 4 heteroatoms. The lowest BCUT2D eigenvalue weighted by Crippen LogP contribution is -2.42. The summed E-state index contributed by atoms with van der Waals surface area (Å²) in [5, 5.41) is 0. The Kier molecular flexibility index (Phi) is 3.26. The maximum Gasteiger partial charge on any atom is 0.169 e. The Labute approximate surface area is 92.2 Å². The van der Waals surface area contributed by atoms with Gasteiger partial charge in [-0.25, -0.2) is 0 Å². The van der Waals surface area contributed by atoms with E-state index in [1.54, 1.807) is 6.26 Å². The van der Waals surface area contributed by atoms with Gasteiger partial charge in [-0.05, 0) is 28.9 Å². The van der Waals surface area contributed by atoms with Crippen molar-refractivity contribution in [1.29, 1.82) is 0 Å². The summed E-state index contributed by atoms with van der Waals surface area (Å²) in [7, 11) is 0. The SMILES string of the molecule is CC1COCCN1Cc1coc(Br)c1. The van der Waals surface area contributed by atoms with Crippen molar-refractivity contribution < 1.29 is 9.15 Å². The molecule has 3 nitrogen and oxygen atoms in total. The van der Waals surface area contributed by atoms with Crippen molar-refractivity contribution in [3.8, 4) is 0 Å². The maximum absolute atomic E-state index is 5.38. The summed E-state index contributed by atoms with van der Waals surface area (Å²) < 4.78 is 11.4. The van der Waals surface area contributed by atoms with Gasteiger partial charge in [0.1, 0.15) is 0 Å². The highest BCUT2D eigenvalue weighted by molar-refractivity contribution is 9.10. The molecule has 1 aliphatic heterocycles. The molecule has 1 unspecified atom stereocenters. The monoisotopic (exact) mass is 259 g/mol. The molecular weight excluding hydrogens is 246 g/mol. The zero-order chi connectivity index (χ0) is 9.97. The van der Waals surface area contributed by atoms with E-state index in [1.807, 2.05) is 6.07 Å². The third-order valence-corrected chi connectivity index (χ3v) is 2.93. The molecule has 1 aromatic heterocycles. The summed E-state index contributed by atoms with van der Waals surface area (Å²) >= 11 is 3.30. The van der Waals surface area contributed by atoms with Crippen LogP contribution in [-0.2, 0) is 11.3 Å². The van der Waals surface area contributed by atoms with E-state index in [1.165, 1.54) is 5.56 Å². The average molecular weight is 260 g/mol. The zero-order valence-corrected chi connectivity index (χ0v) is 9.79. The molecule has 0 bridgehead atoms. The van der Waals surface area contributed by atoms with E-state index < -0.39 is 0 Å². The van der Waals surface area contributed by atoms with E-state index in [9.17, 15) is 0 Å². The van der Waals surface area contributed by atoms with Crippen molar-refractivity contribution in [2.45, 2.75) is 19.5 Å². The number of hydrogen-bond donors (Lipinski definition) is 0. The van der Waals surface area contributed by atoms with E-state index in [2.05, 4.69) is 27.8 Å². The fourth-order valence-electron chi connectivity index (χ4n) is 1.66. The van der Waals surface area contributed by atoms with E-state index in [4.69, 9.17) is 9.15 Å². The lowest BCUT2D eigenvalue weighted by atomic mass is 10.2. The number of hydrogen-bond acceptors (Lipinski definition) is 3. The standard InChI is InChI=1S/C10H14BrNO2/c1-8-6-13-3-2-12(8)5-9-4-10(11)14-7-9/h4,7-8H,2-3,5-6H2,1H3. The van der Waals surface area contributed by atoms with Crippen LogP contribution < -0.4 is 0 Å². The van der Waals surface area contributed by atoms with Crippen LogP contribution in [0.5, 0.6) is 0 Å². The number of nitrogens with zero attached hydrogens (tertiary/aromatic N) is 1. The molecule has 0 spiro atoms. The molecule has 1 aromatic rings. The molecule has 2 heterocycles. The van der Waals surface area contributed by atoms with Crippen LogP contribution in [0.4, 0.5) is 0 Å². The highest BCUT2D eigenvalue weighted by atomic mass is 79.9. The van der Waals surface area contributed by atoms with Crippen LogP contribution in [0.15, 0.2) is 21.4 Å². The second-order valence-electron chi connectivity index (χ2n) is 3.65. The first-order valence-electron chi connectivity index (χ1n) is 4.80. The number of halogens is 1. The van der Waals surface area contributed by atoms with Gasteiger partial charge < -0.3 is 9.15 Å². The fraction of sp³-hybridized carbons (Fsp3) is 0.600. The first-order valence-corrected chi connectivity index (χ1v) is 5.59. The number of morpholine rings is 1. The van der Waals surface area contributed by atoms with Crippen molar-refractivity contribution in [3.63, 3.8) is 0 Å². The predicted octanol–water partition coefficient (Wildman–Crippen LogP) is 2.26. The molecular formula is C10H14BrNO2. The van der Waals surface area contributed by atoms with Crippen LogP contribution in [0.1, 0.15) is 12.5 Å². The average Bonchev–Trinajstić information content (AvgIpc) is 2.56. The lowest BCUT2D eigenvalue weighted by Gasteiger charge is -2.32. The molecule has 78 valence electrons. The fourth-order valence-corrected chi connectivity index (χ4v) is 2.05. The molecule has 1 atom stereocenters. The van der Waals surface area contributed by atoms with Crippen LogP contribution in [-0.4, -0.2) is 30.7 Å². The van der Waals surface area contributed by atoms with E-state index in [-0.39, 0.29) is 0 Å². The molecule has 2 rings (SSSR count). The Balaban J connectivity index is 1.95. The highest BCUT2D eigenvalue weighted by Crippen LogP contribution is 2.17. The van der Waals surface area contributed by atoms with E-state index in [0.29, 0.717) is 6.04 Å². The zero-order valence-electron chi connectivity index (χ0n) is 8.20. The van der Waals surface area contributed by atoms with Gasteiger partial charge in [-0.1, -0.05) is 0 Å². The van der Waals surface area contributed by atoms with Gasteiger partial charge in [-0.15, -0.1) is 0 Å². The predicted molar refractivity (Wildman–Crippen MR) is 57.1 cm³/mol. The normalized spacial score (nSPS) is 24.0. The summed E-state index contributed by atoms with van der Waals surface area (Å²) in [6.45, 7) is 5.81. The summed E-state index contributed by atoms with van der Waals surface area (Å²) in [6.07, 6.45) is 1.80. The van der Waals surface area contributed by atoms with Crippen LogP contribution in [0, 0.1) is 0 Å². The van der Waals surface area contributed by atoms with Crippen LogP contribution >= 0.6 is 15.9 Å². The molecule has 0 saturated carbocycles. The number of furan rings is 1. The Morgan fingerprint density at radius 1 is 1.64 bits per heavy atom. The van der Waals surface area contributed by atoms with Gasteiger partial charge in [0.2, 0.25) is 0 Å². The molecule has 1 aliphatic rings. The minimum absolute atomic E-state index is 0.498. The molecule has 1 saturated heterocycles. The largest absolute Gasteiger partial charge is 0.457 e. The minimum atomic E-state index is 0.498. The van der Waals surface area contributed by atoms with Gasteiger partial charge in [0, 0.05) is 24.7 Å². The first kappa shape index (κ1) is 10.2. The topological polar surface area (TPSA) is 25.6 Å². The molecule has 0 aliphatic carbocycles. The number of ether oxygens (including phenoxy) is 1. The van der Waals surface area contributed by atoms with Gasteiger partial charge in [0.25, 0.3) is 0 Å². The summed E-state index contributed by atoms with van der Waals surface area (Å²) in [5.74, 6) is 0. The van der Waals surface area contributed by atoms with E-state index in [0.717, 1.165) is 31.0 Å². The van der Waals surface area contributed by atoms with Gasteiger partial charge in [0.05, 0.1) is 19.5 Å². The lowest BCUT2D eigenvalue weighted by molar-refractivity contribution is -0.00443. The molecule has 0 aromatic carbocycles. The quantitative estimate of drug-likeness (QED) is 0.815. The molecule has 14 heavy (non-hydrogen) atoms. The van der Waals surface area contributed by atoms with E-state index >= 15 is 0 Å². The Hall–Kier alpha value is -0.320. The molecule has 0 amide bonds. The maximum atomic E-state index is 5.38. The van der Waals surface area contributed by atoms with Crippen molar-refractivity contribution in [2.75, 3.05) is 19.8 Å². The second kappa shape index (κ2) is 4.47. The van der Waals surface area contributed by atoms with Crippen molar-refractivity contribution in [2.24, 2.45) is 0 Å². The van der Waals surface area contributed by atoms with Gasteiger partial charge in [0.15, 0.2) is 4.67 Å². The van der Waals surface area contributed by atoms with Crippen LogP contribution in [0.25, 0.3) is 0 Å². The summed E-state index contributed by atoms with van der Waals surface area (Å²) in [6, 6.07) is 2.51. The first-order chi connectivity index (χ1) is 6.75. The van der Waals surface area contributed by atoms with Crippen molar-refractivity contribution >= 4 is 15.9 Å². The minimum Gasteiger partial charge on any atom is -0.457 e. The number of rotatable bonds is 2. The molecule has 1 fully saturated rings. The second-order valence-corrected chi connectivity index (χ2v) is 4.44. The van der Waals surface area contributed by atoms with Gasteiger partial charge in [-0.2, -0.15) is 0 Å². The summed E-state index contributed by atoms with van der Waals surface area (Å²) in [5.41, 5.74) is 1.21. The highest BCUT2D eigenvalue weighted by Gasteiger charge is 2.19. The third-order valence-electron chi connectivity index (χ3n) is 2.51. The van der Waals surface area contributed by atoms with Gasteiger partial charge in [-0.3, -0.25) is 4.90 Å². The Morgan fingerprint density at radius 2 is 2.50 bits per heavy atom. The van der Waals surface area contributed by atoms with Crippen LogP contribution in [0.3, 0.4) is 0 Å². The van der Waals surface area contributed by atoms with Crippen LogP contribution in [0.2, 0.25) is 0 Å². The molecule has 0 N–H and O–H groups in total. The van der Waals surface area contributed by atoms with Gasteiger partial charge >= 0.3 is 0 Å². The summed E-state index contributed by atoms with van der Waals surface area (Å²) in [4.78, 5) is 2.40. The Morgan fingerprint density at radius 3 is 3.14 bits per heavy atom. The molecule has 0 radical (unpaired) electrons. The van der Waals surface area contributed by atoms with Crippen molar-refractivity contribution in [3.05, 3.63) is 22.6 Å². The Bertz CT molecular complexity index is 300. The smallest absolute Gasteiger partial charge is 0.169 e. The third kappa shape index (κ3) is 2.38.